The molecule has 17 atom stereocenters. The molecular formula is C46H64N8. The van der Waals surface area contributed by atoms with Gasteiger partial charge in [-0.25, -0.2) is 0 Å². The van der Waals surface area contributed by atoms with Crippen molar-refractivity contribution in [2.75, 3.05) is 0 Å². The molecule has 54 heavy (non-hydrogen) atoms. The van der Waals surface area contributed by atoms with Gasteiger partial charge in [0.1, 0.15) is 0 Å². The molecule has 3 aromatic carbocycles. The van der Waals surface area contributed by atoms with Gasteiger partial charge < -0.3 is 0 Å². The van der Waals surface area contributed by atoms with Gasteiger partial charge in [-0.05, 0) is 144 Å². The molecule has 288 valence electrons. The van der Waals surface area contributed by atoms with Crippen molar-refractivity contribution in [3.8, 4) is 0 Å². The van der Waals surface area contributed by atoms with E-state index < -0.39 is 0 Å². The van der Waals surface area contributed by atoms with Gasteiger partial charge in [0.2, 0.25) is 0 Å². The van der Waals surface area contributed by atoms with Gasteiger partial charge in [0.05, 0.1) is 49.3 Å². The summed E-state index contributed by atoms with van der Waals surface area (Å²) in [5.74, 6) is 5.78. The minimum atomic E-state index is 0.259. The third kappa shape index (κ3) is 5.59. The Morgan fingerprint density at radius 2 is 0.722 bits per heavy atom. The first-order chi connectivity index (χ1) is 26.7. The van der Waals surface area contributed by atoms with E-state index in [-0.39, 0.29) is 6.17 Å². The third-order valence-electron chi connectivity index (χ3n) is 17.1. The van der Waals surface area contributed by atoms with Crippen molar-refractivity contribution in [2.45, 2.75) is 152 Å². The highest BCUT2D eigenvalue weighted by Gasteiger charge is 2.55. The Kier molecular flexibility index (Phi) is 8.65. The van der Waals surface area contributed by atoms with E-state index in [1.165, 1.54) is 118 Å². The lowest BCUT2D eigenvalue weighted by Crippen LogP contribution is -2.61. The SMILES string of the molecule is c1ccc2cc3c(C4CCCC5C6NC7NC(NC8NC(NC9NC(NC(N6)C45)C4CCCCC94)C4CCCCC84)C4CCCCC74)cccc3cc2c1. The molecule has 0 radical (unpaired) electrons. The predicted octanol–water partition coefficient (Wildman–Crippen LogP) is 6.31. The van der Waals surface area contributed by atoms with Crippen molar-refractivity contribution in [1.29, 1.82) is 0 Å². The molecule has 0 aromatic heterocycles. The van der Waals surface area contributed by atoms with Crippen molar-refractivity contribution in [3.63, 3.8) is 0 Å². The molecule has 8 heteroatoms. The summed E-state index contributed by atoms with van der Waals surface area (Å²) in [7, 11) is 0. The lowest BCUT2D eigenvalue weighted by Gasteiger charge is -2.40. The summed E-state index contributed by atoms with van der Waals surface area (Å²) in [5.41, 5.74) is 1.57. The molecule has 8 nitrogen and oxygen atoms in total. The number of hydrogen-bond acceptors (Lipinski definition) is 8. The molecular weight excluding hydrogens is 665 g/mol. The van der Waals surface area contributed by atoms with Crippen LogP contribution in [0.1, 0.15) is 108 Å². The largest absolute Gasteiger partial charge is 0.286 e. The monoisotopic (exact) mass is 729 g/mol. The zero-order chi connectivity index (χ0) is 35.3. The molecule has 4 aliphatic carbocycles. The molecule has 12 rings (SSSR count). The third-order valence-corrected chi connectivity index (χ3v) is 17.1. The van der Waals surface area contributed by atoms with E-state index in [1.54, 1.807) is 5.56 Å². The van der Waals surface area contributed by atoms with Crippen LogP contribution in [0.15, 0.2) is 54.6 Å². The molecule has 4 saturated carbocycles. The molecule has 9 fully saturated rings. The normalized spacial score (nSPS) is 47.2. The molecule has 9 aliphatic rings. The van der Waals surface area contributed by atoms with E-state index in [4.69, 9.17) is 0 Å². The Labute approximate surface area is 322 Å². The second kappa shape index (κ2) is 13.8. The summed E-state index contributed by atoms with van der Waals surface area (Å²) in [4.78, 5) is 0. The van der Waals surface area contributed by atoms with Gasteiger partial charge in [0.15, 0.2) is 0 Å². The van der Waals surface area contributed by atoms with Crippen molar-refractivity contribution >= 4 is 21.5 Å². The van der Waals surface area contributed by atoms with E-state index in [0.717, 1.165) is 0 Å². The van der Waals surface area contributed by atoms with Crippen molar-refractivity contribution in [2.24, 2.45) is 47.3 Å². The number of benzene rings is 3. The number of fused-ring (bicyclic) bond motifs is 22. The van der Waals surface area contributed by atoms with Gasteiger partial charge >= 0.3 is 0 Å². The molecule has 5 aliphatic heterocycles. The minimum Gasteiger partial charge on any atom is -0.286 e. The molecule has 0 spiro atoms. The highest BCUT2D eigenvalue weighted by atomic mass is 15.4. The fourth-order valence-corrected chi connectivity index (χ4v) is 14.7. The summed E-state index contributed by atoms with van der Waals surface area (Å²) in [6.45, 7) is 0. The van der Waals surface area contributed by atoms with Gasteiger partial charge in [-0.1, -0.05) is 87.4 Å². The van der Waals surface area contributed by atoms with Crippen LogP contribution in [0.3, 0.4) is 0 Å². The zero-order valence-corrected chi connectivity index (χ0v) is 32.1. The molecule has 8 N–H and O–H groups in total. The lowest BCUT2D eigenvalue weighted by molar-refractivity contribution is 0.156. The van der Waals surface area contributed by atoms with Crippen molar-refractivity contribution < 1.29 is 0 Å². The summed E-state index contributed by atoms with van der Waals surface area (Å²) in [6, 6.07) is 21.1. The average Bonchev–Trinajstić information content (AvgIpc) is 3.96. The predicted molar refractivity (Wildman–Crippen MR) is 217 cm³/mol. The standard InChI is InChI=1S/C46H64N8/c1-2-12-26-24-37-27(23-25(26)11-1)13-9-20-28(37)29-21-10-22-36-38(29)46-53-44-35-19-8-7-18-34(35)42(51-44)49-40-31-15-4-3-14-30(31)39(47-40)48-41-32-16-5-6-17-33(32)43(50-41)52-45(36)54-46/h1-2,9,11-13,20,23-24,29-36,38-54H,3-8,10,14-19,21-22H2. The van der Waals surface area contributed by atoms with Crippen molar-refractivity contribution in [3.05, 3.63) is 60.2 Å². The smallest absolute Gasteiger partial charge is 0.0634 e. The maximum Gasteiger partial charge on any atom is 0.0634 e. The van der Waals surface area contributed by atoms with Crippen LogP contribution in [0, 0.1) is 47.3 Å². The quantitative estimate of drug-likeness (QED) is 0.138. The van der Waals surface area contributed by atoms with E-state index >= 15 is 0 Å². The Bertz CT molecular complexity index is 1850. The topological polar surface area (TPSA) is 96.2 Å². The first-order valence-electron chi connectivity index (χ1n) is 22.7. The van der Waals surface area contributed by atoms with Gasteiger partial charge in [-0.15, -0.1) is 0 Å². The highest BCUT2D eigenvalue weighted by Crippen LogP contribution is 2.50. The summed E-state index contributed by atoms with van der Waals surface area (Å²) in [6.07, 6.45) is 22.9. The van der Waals surface area contributed by atoms with Crippen LogP contribution in [0.25, 0.3) is 21.5 Å². The fraction of sp³-hybridized carbons (Fsp3) is 0.696. The Morgan fingerprint density at radius 1 is 0.333 bits per heavy atom. The van der Waals surface area contributed by atoms with Crippen LogP contribution >= 0.6 is 0 Å². The maximum atomic E-state index is 4.44. The molecule has 5 heterocycles. The fourth-order valence-electron chi connectivity index (χ4n) is 14.7. The molecule has 0 amide bonds. The Morgan fingerprint density at radius 3 is 1.20 bits per heavy atom. The van der Waals surface area contributed by atoms with Crippen LogP contribution in [0.4, 0.5) is 0 Å². The zero-order valence-electron chi connectivity index (χ0n) is 32.1. The van der Waals surface area contributed by atoms with Crippen LogP contribution in [-0.2, 0) is 0 Å². The van der Waals surface area contributed by atoms with Crippen LogP contribution < -0.4 is 42.5 Å². The Balaban J connectivity index is 0.932. The van der Waals surface area contributed by atoms with Crippen LogP contribution in [0.2, 0.25) is 0 Å². The minimum absolute atomic E-state index is 0.259. The maximum absolute atomic E-state index is 4.44. The second-order valence-corrected chi connectivity index (χ2v) is 19.5. The Hall–Kier alpha value is -2.14. The summed E-state index contributed by atoms with van der Waals surface area (Å²) in [5, 5.41) is 40.2. The van der Waals surface area contributed by atoms with Gasteiger partial charge in [-0.3, -0.25) is 42.5 Å². The number of rotatable bonds is 1. The van der Waals surface area contributed by atoms with E-state index in [1.807, 2.05) is 0 Å². The second-order valence-electron chi connectivity index (χ2n) is 19.5. The number of nitrogens with one attached hydrogen (secondary N) is 8. The molecule has 8 bridgehead atoms. The van der Waals surface area contributed by atoms with Crippen molar-refractivity contribution in [1.82, 2.24) is 42.5 Å². The lowest BCUT2D eigenvalue weighted by atomic mass is 9.68. The number of hydrogen-bond donors (Lipinski definition) is 8. The van der Waals surface area contributed by atoms with E-state index in [0.29, 0.717) is 96.4 Å². The van der Waals surface area contributed by atoms with Crippen LogP contribution in [0.5, 0.6) is 0 Å². The summed E-state index contributed by atoms with van der Waals surface area (Å²) >= 11 is 0. The molecule has 3 aromatic rings. The average molecular weight is 729 g/mol. The van der Waals surface area contributed by atoms with E-state index in [2.05, 4.69) is 97.1 Å². The first kappa shape index (κ1) is 33.9. The van der Waals surface area contributed by atoms with Gasteiger partial charge in [0.25, 0.3) is 0 Å². The molecule has 17 unspecified atom stereocenters. The summed E-state index contributed by atoms with van der Waals surface area (Å²) < 4.78 is 0. The first-order valence-corrected chi connectivity index (χ1v) is 22.7. The van der Waals surface area contributed by atoms with Crippen LogP contribution in [-0.4, -0.2) is 49.3 Å². The molecule has 5 saturated heterocycles. The highest BCUT2D eigenvalue weighted by molar-refractivity contribution is 5.99. The van der Waals surface area contributed by atoms with E-state index in [9.17, 15) is 0 Å². The van der Waals surface area contributed by atoms with Gasteiger partial charge in [0, 0.05) is 0 Å². The van der Waals surface area contributed by atoms with Gasteiger partial charge in [-0.2, -0.15) is 0 Å².